The van der Waals surface area contributed by atoms with Crippen LogP contribution in [0.15, 0.2) is 58.2 Å². The molecule has 6 nitrogen and oxygen atoms in total. The van der Waals surface area contributed by atoms with Crippen LogP contribution in [0.25, 0.3) is 10.8 Å². The van der Waals surface area contributed by atoms with E-state index in [4.69, 9.17) is 9.47 Å². The molecule has 0 saturated heterocycles. The van der Waals surface area contributed by atoms with Gasteiger partial charge < -0.3 is 9.47 Å². The molecular formula is C38H52N2O4. The number of benzene rings is 1. The highest BCUT2D eigenvalue weighted by Gasteiger charge is 2.74. The van der Waals surface area contributed by atoms with E-state index < -0.39 is 11.1 Å². The van der Waals surface area contributed by atoms with Gasteiger partial charge in [0, 0.05) is 18.9 Å². The van der Waals surface area contributed by atoms with Crippen LogP contribution in [0.4, 0.5) is 0 Å². The minimum atomic E-state index is -0.620. The van der Waals surface area contributed by atoms with E-state index in [0.717, 1.165) is 32.1 Å². The van der Waals surface area contributed by atoms with Crippen LogP contribution in [0.3, 0.4) is 0 Å². The molecule has 0 amide bonds. The van der Waals surface area contributed by atoms with Crippen LogP contribution >= 0.6 is 0 Å². The molecule has 44 heavy (non-hydrogen) atoms. The zero-order valence-electron chi connectivity index (χ0n) is 27.8. The highest BCUT2D eigenvalue weighted by Crippen LogP contribution is 2.74. The summed E-state index contributed by atoms with van der Waals surface area (Å²) in [6, 6.07) is 7.48. The largest absolute Gasteiger partial charge is 0.359 e. The summed E-state index contributed by atoms with van der Waals surface area (Å²) in [5.41, 5.74) is -1.28. The molecule has 2 spiro atoms. The van der Waals surface area contributed by atoms with E-state index in [1.807, 2.05) is 33.6 Å². The van der Waals surface area contributed by atoms with Gasteiger partial charge in [0.25, 0.3) is 11.1 Å². The fourth-order valence-electron chi connectivity index (χ4n) is 11.4. The zero-order chi connectivity index (χ0) is 31.2. The molecule has 3 fully saturated rings. The molecule has 3 saturated carbocycles. The van der Waals surface area contributed by atoms with Gasteiger partial charge in [0.05, 0.1) is 28.0 Å². The average molecular weight is 601 g/mol. The number of hydrogen-bond acceptors (Lipinski definition) is 4. The number of nitrogens with zero attached hydrogens (tertiary/aromatic N) is 2. The smallest absolute Gasteiger partial charge is 0.274 e. The van der Waals surface area contributed by atoms with Crippen molar-refractivity contribution in [3.63, 3.8) is 0 Å². The van der Waals surface area contributed by atoms with Crippen molar-refractivity contribution in [1.82, 2.24) is 9.36 Å². The van der Waals surface area contributed by atoms with Crippen molar-refractivity contribution >= 4 is 10.8 Å². The normalized spacial score (nSPS) is 40.2. The van der Waals surface area contributed by atoms with Crippen LogP contribution in [-0.4, -0.2) is 29.4 Å². The Hall–Kier alpha value is -2.44. The Morgan fingerprint density at radius 2 is 1.59 bits per heavy atom. The monoisotopic (exact) mass is 600 g/mol. The van der Waals surface area contributed by atoms with Crippen molar-refractivity contribution in [2.45, 2.75) is 104 Å². The van der Waals surface area contributed by atoms with Crippen molar-refractivity contribution < 1.29 is 9.47 Å². The molecule has 238 valence electrons. The third kappa shape index (κ3) is 3.73. The quantitative estimate of drug-likeness (QED) is 0.248. The van der Waals surface area contributed by atoms with E-state index in [9.17, 15) is 9.59 Å². The van der Waals surface area contributed by atoms with Gasteiger partial charge in [0.15, 0.2) is 0 Å². The number of hydrogen-bond donors (Lipinski definition) is 0. The van der Waals surface area contributed by atoms with Gasteiger partial charge in [-0.2, -0.15) is 0 Å². The molecular weight excluding hydrogens is 548 g/mol. The van der Waals surface area contributed by atoms with Crippen LogP contribution in [0.2, 0.25) is 0 Å². The SMILES string of the molecule is COCO[C@H]1CC[C@]2(C)[C@H]3CC[C@]4(C)[C@@H]([C@H](C)/C=C/[C@H](C)C(C)C)CC[C@H]4[C@@]34C=C[C@]2(C1)n1c(=O)c2ccccc2c(=O)n14. The molecule has 1 aromatic carbocycles. The van der Waals surface area contributed by atoms with Crippen molar-refractivity contribution in [2.24, 2.45) is 46.3 Å². The van der Waals surface area contributed by atoms with Crippen LogP contribution in [0.1, 0.15) is 86.5 Å². The van der Waals surface area contributed by atoms with Gasteiger partial charge in [-0.15, -0.1) is 0 Å². The maximum Gasteiger partial charge on any atom is 0.274 e. The summed E-state index contributed by atoms with van der Waals surface area (Å²) < 4.78 is 15.5. The fourth-order valence-corrected chi connectivity index (χ4v) is 11.4. The highest BCUT2D eigenvalue weighted by molar-refractivity contribution is 5.80. The second kappa shape index (κ2) is 10.3. The molecule has 1 aromatic heterocycles. The van der Waals surface area contributed by atoms with Crippen LogP contribution in [-0.2, 0) is 20.6 Å². The summed E-state index contributed by atoms with van der Waals surface area (Å²) in [7, 11) is 1.65. The third-order valence-electron chi connectivity index (χ3n) is 13.9. The molecule has 0 N–H and O–H groups in total. The standard InChI is InChI=1S/C38H52N2O4/c1-24(2)25(3)12-13-26(4)30-14-15-31-35(30,5)18-17-32-36(6)19-16-27(44-23-43-7)22-37(36)20-21-38(31,32)40-34(42)29-11-9-8-10-28(29)33(41)39(37)40/h8-13,20-21,24-27,30-32H,14-19,22-23H2,1-7H3/b13-12+/t25-,26+,27-,30+,31+,32+,35+,36+,37+,38-/m0/s1. The molecule has 3 heterocycles. The average Bonchev–Trinajstić information content (AvgIpc) is 3.38. The molecule has 0 unspecified atom stereocenters. The molecule has 2 aromatic rings. The number of allylic oxidation sites excluding steroid dienone is 4. The summed E-state index contributed by atoms with van der Waals surface area (Å²) >= 11 is 0. The molecule has 0 radical (unpaired) electrons. The van der Waals surface area contributed by atoms with E-state index in [0.29, 0.717) is 40.9 Å². The lowest BCUT2D eigenvalue weighted by atomic mass is 9.40. The first-order valence-electron chi connectivity index (χ1n) is 17.2. The van der Waals surface area contributed by atoms with Gasteiger partial charge in [0.1, 0.15) is 6.79 Å². The lowest BCUT2D eigenvalue weighted by Gasteiger charge is -2.72. The number of aromatic nitrogens is 2. The van der Waals surface area contributed by atoms with E-state index in [-0.39, 0.29) is 46.7 Å². The first-order chi connectivity index (χ1) is 21.0. The van der Waals surface area contributed by atoms with Gasteiger partial charge in [-0.1, -0.05) is 78.0 Å². The van der Waals surface area contributed by atoms with Crippen molar-refractivity contribution in [2.75, 3.05) is 13.9 Å². The predicted molar refractivity (Wildman–Crippen MR) is 176 cm³/mol. The summed E-state index contributed by atoms with van der Waals surface area (Å²) in [5, 5.41) is 1.07. The zero-order valence-corrected chi connectivity index (χ0v) is 27.8. The van der Waals surface area contributed by atoms with E-state index in [1.54, 1.807) is 7.11 Å². The van der Waals surface area contributed by atoms with Crippen molar-refractivity contribution in [3.05, 3.63) is 69.3 Å². The Kier molecular flexibility index (Phi) is 7.07. The minimum absolute atomic E-state index is 0.0117. The van der Waals surface area contributed by atoms with Gasteiger partial charge >= 0.3 is 0 Å². The molecule has 2 bridgehead atoms. The first-order valence-corrected chi connectivity index (χ1v) is 17.2. The maximum absolute atomic E-state index is 14.9. The second-order valence-electron chi connectivity index (χ2n) is 16.0. The molecule has 6 aliphatic rings. The van der Waals surface area contributed by atoms with Crippen molar-refractivity contribution in [1.29, 1.82) is 0 Å². The second-order valence-corrected chi connectivity index (χ2v) is 16.0. The summed E-state index contributed by atoms with van der Waals surface area (Å²) in [6.45, 7) is 14.5. The Morgan fingerprint density at radius 1 is 0.886 bits per heavy atom. The summed E-state index contributed by atoms with van der Waals surface area (Å²) in [4.78, 5) is 29.6. The first kappa shape index (κ1) is 30.2. The van der Waals surface area contributed by atoms with Crippen molar-refractivity contribution in [3.8, 4) is 0 Å². The number of ether oxygens (including phenoxy) is 2. The summed E-state index contributed by atoms with van der Waals surface area (Å²) in [6.07, 6.45) is 16.7. The van der Waals surface area contributed by atoms with E-state index in [2.05, 4.69) is 65.8 Å². The van der Waals surface area contributed by atoms with E-state index >= 15 is 0 Å². The Morgan fingerprint density at radius 3 is 2.27 bits per heavy atom. The highest BCUT2D eigenvalue weighted by atomic mass is 16.7. The van der Waals surface area contributed by atoms with Gasteiger partial charge in [0.2, 0.25) is 0 Å². The number of methoxy groups -OCH3 is 1. The van der Waals surface area contributed by atoms with Crippen LogP contribution in [0.5, 0.6) is 0 Å². The van der Waals surface area contributed by atoms with Gasteiger partial charge in [-0.3, -0.25) is 9.59 Å². The Labute approximate surface area is 262 Å². The third-order valence-corrected chi connectivity index (χ3v) is 13.9. The summed E-state index contributed by atoms with van der Waals surface area (Å²) in [5.74, 6) is 2.76. The van der Waals surface area contributed by atoms with E-state index in [1.165, 1.54) is 6.42 Å². The Balaban J connectivity index is 1.43. The molecule has 6 heteroatoms. The lowest BCUT2D eigenvalue weighted by Crippen LogP contribution is -2.78. The predicted octanol–water partition coefficient (Wildman–Crippen LogP) is 7.24. The molecule has 10 atom stereocenters. The minimum Gasteiger partial charge on any atom is -0.359 e. The molecule has 4 aliphatic carbocycles. The lowest BCUT2D eigenvalue weighted by molar-refractivity contribution is -0.211. The van der Waals surface area contributed by atoms with Gasteiger partial charge in [-0.05, 0) is 91.6 Å². The molecule has 2 aliphatic heterocycles. The number of rotatable bonds is 7. The topological polar surface area (TPSA) is 62.5 Å². The number of fused-ring (bicyclic) bond motifs is 2. The maximum atomic E-state index is 14.9. The van der Waals surface area contributed by atoms with Gasteiger partial charge in [-0.25, -0.2) is 9.36 Å². The fraction of sp³-hybridized carbons (Fsp3) is 0.684. The van der Waals surface area contributed by atoms with Crippen LogP contribution in [0, 0.1) is 46.3 Å². The van der Waals surface area contributed by atoms with Crippen LogP contribution < -0.4 is 11.1 Å². The molecule has 8 rings (SSSR count). The Bertz CT molecular complexity index is 1640.